The Balaban J connectivity index is 1.64. The minimum Gasteiger partial charge on any atom is -0.395 e. The number of hydrogen-bond donors (Lipinski definition) is 1. The number of nitrogens with zero attached hydrogens (tertiary/aromatic N) is 2. The fourth-order valence-corrected chi connectivity index (χ4v) is 6.24. The van der Waals surface area contributed by atoms with E-state index in [1.54, 1.807) is 6.07 Å². The predicted molar refractivity (Wildman–Crippen MR) is 115 cm³/mol. The number of benzene rings is 3. The summed E-state index contributed by atoms with van der Waals surface area (Å²) >= 11 is 0. The van der Waals surface area contributed by atoms with Crippen LogP contribution in [0.5, 0.6) is 0 Å². The van der Waals surface area contributed by atoms with Gasteiger partial charge >= 0.3 is 0 Å². The van der Waals surface area contributed by atoms with Crippen molar-refractivity contribution in [1.29, 1.82) is 0 Å². The number of carbonyl (C=O) groups excluding carboxylic acids is 2. The molecule has 158 valence electrons. The van der Waals surface area contributed by atoms with Gasteiger partial charge in [0.05, 0.1) is 28.8 Å². The molecule has 3 aliphatic carbocycles. The molecule has 0 spiro atoms. The van der Waals surface area contributed by atoms with Crippen LogP contribution in [0.3, 0.4) is 0 Å². The standard InChI is InChI=1S/C25H18N2O5/c28-13-25-16-9-3-1-7-14(16)20(15-8-2-4-10-17(15)25)21-22(25)24(30)26(23(21)29)18-11-5-6-12-19(18)27(31)32/h1-12,20-22,28H,13H2/t20?,21-,22+,25?/m1/s1. The fourth-order valence-electron chi connectivity index (χ4n) is 6.24. The van der Waals surface area contributed by atoms with Gasteiger partial charge in [-0.15, -0.1) is 0 Å². The molecular formula is C25H18N2O5. The number of hydrogen-bond acceptors (Lipinski definition) is 5. The highest BCUT2D eigenvalue weighted by Crippen LogP contribution is 2.64. The Morgan fingerprint density at radius 2 is 1.44 bits per heavy atom. The Morgan fingerprint density at radius 1 is 0.875 bits per heavy atom. The smallest absolute Gasteiger partial charge is 0.293 e. The molecule has 0 saturated carbocycles. The number of amides is 2. The molecule has 3 aromatic carbocycles. The molecule has 7 nitrogen and oxygen atoms in total. The van der Waals surface area contributed by atoms with E-state index in [0.29, 0.717) is 0 Å². The Hall–Kier alpha value is -3.84. The lowest BCUT2D eigenvalue weighted by molar-refractivity contribution is -0.384. The minimum absolute atomic E-state index is 0.0255. The highest BCUT2D eigenvalue weighted by Gasteiger charge is 2.68. The molecule has 1 aliphatic heterocycles. The summed E-state index contributed by atoms with van der Waals surface area (Å²) in [5.41, 5.74) is 2.13. The van der Waals surface area contributed by atoms with E-state index in [4.69, 9.17) is 0 Å². The molecule has 0 aromatic heterocycles. The minimum atomic E-state index is -1.09. The van der Waals surface area contributed by atoms with Crippen LogP contribution in [0.15, 0.2) is 72.8 Å². The van der Waals surface area contributed by atoms with Gasteiger partial charge in [-0.1, -0.05) is 60.7 Å². The van der Waals surface area contributed by atoms with Crippen molar-refractivity contribution in [1.82, 2.24) is 0 Å². The lowest BCUT2D eigenvalue weighted by Gasteiger charge is -2.53. The number of aliphatic hydroxyl groups excluding tert-OH is 1. The van der Waals surface area contributed by atoms with Gasteiger partial charge in [0, 0.05) is 12.0 Å². The average Bonchev–Trinajstić information content (AvgIpc) is 3.09. The number of para-hydroxylation sites is 2. The number of imide groups is 1. The third kappa shape index (κ3) is 2.04. The average molecular weight is 426 g/mol. The lowest BCUT2D eigenvalue weighted by Crippen LogP contribution is -2.55. The quantitative estimate of drug-likeness (QED) is 0.394. The largest absolute Gasteiger partial charge is 0.395 e. The third-order valence-electron chi connectivity index (χ3n) is 7.36. The Labute approximate surface area is 183 Å². The van der Waals surface area contributed by atoms with Gasteiger partial charge in [0.25, 0.3) is 5.69 Å². The molecule has 1 saturated heterocycles. The zero-order chi connectivity index (χ0) is 22.2. The highest BCUT2D eigenvalue weighted by molar-refractivity contribution is 6.24. The van der Waals surface area contributed by atoms with Crippen molar-refractivity contribution >= 4 is 23.2 Å². The van der Waals surface area contributed by atoms with Crippen molar-refractivity contribution in [3.63, 3.8) is 0 Å². The van der Waals surface area contributed by atoms with Gasteiger partial charge in [0.2, 0.25) is 11.8 Å². The van der Waals surface area contributed by atoms with E-state index in [2.05, 4.69) is 0 Å². The summed E-state index contributed by atoms with van der Waals surface area (Å²) in [5, 5.41) is 22.5. The maximum absolute atomic E-state index is 13.9. The van der Waals surface area contributed by atoms with E-state index in [1.165, 1.54) is 18.2 Å². The molecule has 2 amide bonds. The number of aliphatic hydroxyl groups is 1. The van der Waals surface area contributed by atoms with Crippen LogP contribution < -0.4 is 4.90 Å². The van der Waals surface area contributed by atoms with Gasteiger partial charge < -0.3 is 5.11 Å². The Kier molecular flexibility index (Phi) is 3.74. The first-order valence-electron chi connectivity index (χ1n) is 10.4. The van der Waals surface area contributed by atoms with E-state index in [9.17, 15) is 24.8 Å². The summed E-state index contributed by atoms with van der Waals surface area (Å²) in [7, 11) is 0. The zero-order valence-electron chi connectivity index (χ0n) is 16.8. The first kappa shape index (κ1) is 18.9. The van der Waals surface area contributed by atoms with Crippen LogP contribution in [0.2, 0.25) is 0 Å². The number of nitro groups is 1. The van der Waals surface area contributed by atoms with Gasteiger partial charge in [0.1, 0.15) is 5.69 Å². The number of rotatable bonds is 3. The van der Waals surface area contributed by atoms with Crippen molar-refractivity contribution in [2.24, 2.45) is 11.8 Å². The van der Waals surface area contributed by atoms with Gasteiger partial charge in [-0.2, -0.15) is 0 Å². The van der Waals surface area contributed by atoms with Crippen LogP contribution in [0, 0.1) is 22.0 Å². The zero-order valence-corrected chi connectivity index (χ0v) is 16.8. The van der Waals surface area contributed by atoms with Crippen LogP contribution in [-0.2, 0) is 15.0 Å². The number of nitro benzene ring substituents is 1. The normalized spacial score (nSPS) is 27.2. The van der Waals surface area contributed by atoms with Gasteiger partial charge in [0.15, 0.2) is 0 Å². The molecule has 1 fully saturated rings. The molecule has 1 N–H and O–H groups in total. The van der Waals surface area contributed by atoms with Crippen molar-refractivity contribution < 1.29 is 19.6 Å². The van der Waals surface area contributed by atoms with Crippen LogP contribution in [0.25, 0.3) is 0 Å². The Morgan fingerprint density at radius 3 is 2.03 bits per heavy atom. The molecule has 7 heteroatoms. The SMILES string of the molecule is O=C1[C@@H]2C3c4ccccc4C(CO)(c4ccccc43)[C@@H]2C(=O)N1c1ccccc1[N+](=O)[O-]. The molecule has 32 heavy (non-hydrogen) atoms. The molecule has 1 heterocycles. The number of carbonyl (C=O) groups is 2. The van der Waals surface area contributed by atoms with Crippen LogP contribution in [0.1, 0.15) is 28.2 Å². The Bertz CT molecular complexity index is 1290. The molecule has 2 atom stereocenters. The van der Waals surface area contributed by atoms with Crippen LogP contribution in [0.4, 0.5) is 11.4 Å². The molecule has 2 bridgehead atoms. The second-order valence-corrected chi connectivity index (χ2v) is 8.54. The monoisotopic (exact) mass is 426 g/mol. The van der Waals surface area contributed by atoms with Gasteiger partial charge in [-0.3, -0.25) is 19.7 Å². The molecule has 0 unspecified atom stereocenters. The van der Waals surface area contributed by atoms with Crippen molar-refractivity contribution in [2.45, 2.75) is 11.3 Å². The van der Waals surface area contributed by atoms with Crippen molar-refractivity contribution in [3.8, 4) is 0 Å². The van der Waals surface area contributed by atoms with E-state index in [-0.39, 0.29) is 23.9 Å². The topological polar surface area (TPSA) is 101 Å². The maximum Gasteiger partial charge on any atom is 0.293 e. The number of anilines is 1. The van der Waals surface area contributed by atoms with E-state index >= 15 is 0 Å². The summed E-state index contributed by atoms with van der Waals surface area (Å²) in [6.45, 7) is -0.349. The second-order valence-electron chi connectivity index (χ2n) is 8.54. The molecular weight excluding hydrogens is 408 g/mol. The summed E-state index contributed by atoms with van der Waals surface area (Å²) in [6, 6.07) is 21.0. The first-order chi connectivity index (χ1) is 15.5. The molecule has 4 aliphatic rings. The maximum atomic E-state index is 13.9. The fraction of sp³-hybridized carbons (Fsp3) is 0.200. The summed E-state index contributed by atoms with van der Waals surface area (Å²) in [5.74, 6) is -2.89. The second kappa shape index (κ2) is 6.34. The van der Waals surface area contributed by atoms with Crippen molar-refractivity contribution in [2.75, 3.05) is 11.5 Å². The van der Waals surface area contributed by atoms with Crippen LogP contribution in [-0.4, -0.2) is 28.5 Å². The van der Waals surface area contributed by atoms with E-state index < -0.39 is 34.0 Å². The van der Waals surface area contributed by atoms with E-state index in [1.807, 2.05) is 48.5 Å². The van der Waals surface area contributed by atoms with Crippen LogP contribution >= 0.6 is 0 Å². The van der Waals surface area contributed by atoms with Gasteiger partial charge in [-0.05, 0) is 28.3 Å². The molecule has 3 aromatic rings. The predicted octanol–water partition coefficient (Wildman–Crippen LogP) is 3.14. The molecule has 7 rings (SSSR count). The lowest BCUT2D eigenvalue weighted by atomic mass is 9.47. The summed E-state index contributed by atoms with van der Waals surface area (Å²) in [6.07, 6.45) is 0. The first-order valence-corrected chi connectivity index (χ1v) is 10.4. The summed E-state index contributed by atoms with van der Waals surface area (Å²) in [4.78, 5) is 39.7. The third-order valence-corrected chi connectivity index (χ3v) is 7.36. The summed E-state index contributed by atoms with van der Waals surface area (Å²) < 4.78 is 0. The van der Waals surface area contributed by atoms with Gasteiger partial charge in [-0.25, -0.2) is 4.90 Å². The van der Waals surface area contributed by atoms with E-state index in [0.717, 1.165) is 27.2 Å². The highest BCUT2D eigenvalue weighted by atomic mass is 16.6. The van der Waals surface area contributed by atoms with Crippen molar-refractivity contribution in [3.05, 3.63) is 105 Å². The molecule has 0 radical (unpaired) electrons.